The Kier molecular flexibility index (Phi) is 7.03. The highest BCUT2D eigenvalue weighted by Crippen LogP contribution is 2.33. The molecule has 0 saturated heterocycles. The van der Waals surface area contributed by atoms with Crippen molar-refractivity contribution in [2.24, 2.45) is 0 Å². The summed E-state index contributed by atoms with van der Waals surface area (Å²) in [6.07, 6.45) is 1.67. The molecule has 0 unspecified atom stereocenters. The first-order valence-corrected chi connectivity index (χ1v) is 14.5. The van der Waals surface area contributed by atoms with Crippen LogP contribution in [-0.2, 0) is 6.54 Å². The van der Waals surface area contributed by atoms with E-state index in [9.17, 15) is 9.90 Å². The Morgan fingerprint density at radius 2 is 1.60 bits per heavy atom. The summed E-state index contributed by atoms with van der Waals surface area (Å²) in [6.45, 7) is 2.16. The number of imidazole rings is 1. The third-order valence-electron chi connectivity index (χ3n) is 7.68. The van der Waals surface area contributed by atoms with Gasteiger partial charge in [-0.1, -0.05) is 48.5 Å². The van der Waals surface area contributed by atoms with Crippen molar-refractivity contribution in [1.29, 1.82) is 0 Å². The highest BCUT2D eigenvalue weighted by Gasteiger charge is 2.18. The summed E-state index contributed by atoms with van der Waals surface area (Å²) >= 11 is 0. The number of carbonyl (C=O) groups excluding carboxylic acids is 1. The van der Waals surface area contributed by atoms with E-state index in [1.54, 1.807) is 43.5 Å². The molecule has 9 heteroatoms. The molecule has 3 aromatic heterocycles. The number of aromatic hydroxyl groups is 1. The Morgan fingerprint density at radius 1 is 0.844 bits per heavy atom. The molecule has 0 aliphatic carbocycles. The van der Waals surface area contributed by atoms with Crippen LogP contribution in [0.25, 0.3) is 44.9 Å². The fourth-order valence-corrected chi connectivity index (χ4v) is 5.41. The van der Waals surface area contributed by atoms with E-state index in [4.69, 9.17) is 10.7 Å². The van der Waals surface area contributed by atoms with E-state index in [1.807, 2.05) is 60.7 Å². The Hall–Kier alpha value is -6.22. The van der Waals surface area contributed by atoms with Crippen molar-refractivity contribution in [1.82, 2.24) is 29.6 Å². The molecule has 0 spiro atoms. The molecule has 9 nitrogen and oxygen atoms in total. The number of aryl methyl sites for hydroxylation is 1. The summed E-state index contributed by atoms with van der Waals surface area (Å²) in [5, 5.41) is 17.3. The van der Waals surface area contributed by atoms with Gasteiger partial charge in [0.1, 0.15) is 11.6 Å². The van der Waals surface area contributed by atoms with Crippen molar-refractivity contribution in [3.05, 3.63) is 138 Å². The van der Waals surface area contributed by atoms with Gasteiger partial charge in [-0.05, 0) is 84.3 Å². The molecule has 7 rings (SSSR count). The third-order valence-corrected chi connectivity index (χ3v) is 7.68. The SMILES string of the molecule is Cc1cc(O)n(-c2ccc(C(=O)NCc3ccc(-n4c(-c5cccnc5N)nc5ccc(-c6ccccc6)cc54)cc3)cc2)n1. The number of carbonyl (C=O) groups is 1. The first kappa shape index (κ1) is 27.6. The van der Waals surface area contributed by atoms with Crippen LogP contribution in [0.5, 0.6) is 5.88 Å². The molecule has 0 bridgehead atoms. The van der Waals surface area contributed by atoms with Crippen molar-refractivity contribution >= 4 is 22.8 Å². The molecule has 0 saturated carbocycles. The molecule has 3 heterocycles. The lowest BCUT2D eigenvalue weighted by Gasteiger charge is -2.12. The average molecular weight is 592 g/mol. The van der Waals surface area contributed by atoms with E-state index >= 15 is 0 Å². The number of nitrogens with zero attached hydrogens (tertiary/aromatic N) is 5. The molecule has 1 amide bonds. The van der Waals surface area contributed by atoms with Crippen LogP contribution >= 0.6 is 0 Å². The Balaban J connectivity index is 1.16. The molecule has 7 aromatic rings. The van der Waals surface area contributed by atoms with Crippen LogP contribution < -0.4 is 11.1 Å². The van der Waals surface area contributed by atoms with Gasteiger partial charge in [0.05, 0.1) is 28.0 Å². The molecule has 0 aliphatic heterocycles. The topological polar surface area (TPSA) is 124 Å². The zero-order valence-electron chi connectivity index (χ0n) is 24.4. The Labute approximate surface area is 259 Å². The maximum absolute atomic E-state index is 12.9. The average Bonchev–Trinajstić information content (AvgIpc) is 3.62. The van der Waals surface area contributed by atoms with Crippen molar-refractivity contribution in [3.8, 4) is 39.8 Å². The minimum Gasteiger partial charge on any atom is -0.493 e. The number of nitrogens with one attached hydrogen (secondary N) is 1. The van der Waals surface area contributed by atoms with Crippen LogP contribution in [-0.4, -0.2) is 35.3 Å². The second-order valence-corrected chi connectivity index (χ2v) is 10.7. The van der Waals surface area contributed by atoms with E-state index < -0.39 is 0 Å². The van der Waals surface area contributed by atoms with E-state index in [0.717, 1.165) is 39.0 Å². The second kappa shape index (κ2) is 11.5. The highest BCUT2D eigenvalue weighted by atomic mass is 16.3. The number of fused-ring (bicyclic) bond motifs is 1. The number of amides is 1. The van der Waals surface area contributed by atoms with E-state index in [2.05, 4.69) is 44.2 Å². The van der Waals surface area contributed by atoms with Gasteiger partial charge in [0.15, 0.2) is 0 Å². The lowest BCUT2D eigenvalue weighted by Crippen LogP contribution is -2.22. The number of hydrogen-bond acceptors (Lipinski definition) is 6. The van der Waals surface area contributed by atoms with Crippen molar-refractivity contribution in [2.75, 3.05) is 5.73 Å². The zero-order chi connectivity index (χ0) is 30.9. The second-order valence-electron chi connectivity index (χ2n) is 10.7. The number of nitrogens with two attached hydrogens (primary N) is 1. The van der Waals surface area contributed by atoms with Gasteiger partial charge in [-0.3, -0.25) is 9.36 Å². The summed E-state index contributed by atoms with van der Waals surface area (Å²) in [4.78, 5) is 22.2. The lowest BCUT2D eigenvalue weighted by atomic mass is 10.1. The summed E-state index contributed by atoms with van der Waals surface area (Å²) < 4.78 is 3.52. The fraction of sp³-hybridized carbons (Fsp3) is 0.0556. The van der Waals surface area contributed by atoms with Crippen LogP contribution in [0.1, 0.15) is 21.6 Å². The minimum absolute atomic E-state index is 0.0458. The number of pyridine rings is 1. The molecule has 45 heavy (non-hydrogen) atoms. The molecule has 4 N–H and O–H groups in total. The van der Waals surface area contributed by atoms with Gasteiger partial charge in [0.25, 0.3) is 5.91 Å². The quantitative estimate of drug-likeness (QED) is 0.195. The van der Waals surface area contributed by atoms with E-state index in [0.29, 0.717) is 35.1 Å². The van der Waals surface area contributed by atoms with E-state index in [1.165, 1.54) is 4.68 Å². The maximum atomic E-state index is 12.9. The largest absolute Gasteiger partial charge is 0.493 e. The van der Waals surface area contributed by atoms with Gasteiger partial charge in [-0.25, -0.2) is 14.6 Å². The van der Waals surface area contributed by atoms with Crippen molar-refractivity contribution in [3.63, 3.8) is 0 Å². The summed E-state index contributed by atoms with van der Waals surface area (Å²) in [6, 6.07) is 36.8. The fourth-order valence-electron chi connectivity index (χ4n) is 5.41. The van der Waals surface area contributed by atoms with Crippen LogP contribution in [0.4, 0.5) is 5.82 Å². The van der Waals surface area contributed by atoms with Gasteiger partial charge < -0.3 is 16.2 Å². The molecule has 4 aromatic carbocycles. The number of anilines is 1. The molecular weight excluding hydrogens is 562 g/mol. The van der Waals surface area contributed by atoms with Gasteiger partial charge in [0.2, 0.25) is 5.88 Å². The van der Waals surface area contributed by atoms with Crippen LogP contribution in [0.2, 0.25) is 0 Å². The number of hydrogen-bond donors (Lipinski definition) is 3. The Bertz CT molecular complexity index is 2150. The Morgan fingerprint density at radius 3 is 2.31 bits per heavy atom. The normalized spacial score (nSPS) is 11.1. The number of rotatable bonds is 7. The maximum Gasteiger partial charge on any atom is 0.251 e. The molecule has 0 atom stereocenters. The first-order chi connectivity index (χ1) is 21.9. The smallest absolute Gasteiger partial charge is 0.251 e. The molecule has 0 aliphatic rings. The van der Waals surface area contributed by atoms with Gasteiger partial charge in [-0.15, -0.1) is 0 Å². The third kappa shape index (κ3) is 5.38. The molecule has 0 fully saturated rings. The van der Waals surface area contributed by atoms with E-state index in [-0.39, 0.29) is 11.8 Å². The monoisotopic (exact) mass is 591 g/mol. The van der Waals surface area contributed by atoms with Gasteiger partial charge in [-0.2, -0.15) is 5.10 Å². The summed E-state index contributed by atoms with van der Waals surface area (Å²) in [5.41, 5.74) is 14.8. The van der Waals surface area contributed by atoms with Crippen molar-refractivity contribution < 1.29 is 9.90 Å². The standard InChI is InChI=1S/C36H29N7O2/c1-23-20-33(44)43(41-23)29-16-11-26(12-17-29)36(45)39-22-24-9-14-28(15-10-24)42-32-21-27(25-6-3-2-4-7-25)13-18-31(32)40-35(42)30-8-5-19-38-34(30)37/h2-21,44H,22H2,1H3,(H2,37,38)(H,39,45). The number of aromatic nitrogens is 5. The molecule has 220 valence electrons. The molecule has 0 radical (unpaired) electrons. The first-order valence-electron chi connectivity index (χ1n) is 14.5. The van der Waals surface area contributed by atoms with Crippen molar-refractivity contribution in [2.45, 2.75) is 13.5 Å². The predicted octanol–water partition coefficient (Wildman–Crippen LogP) is 6.47. The number of nitrogen functional groups attached to an aromatic ring is 1. The van der Waals surface area contributed by atoms with Crippen LogP contribution in [0, 0.1) is 6.92 Å². The van der Waals surface area contributed by atoms with Gasteiger partial charge >= 0.3 is 0 Å². The zero-order valence-corrected chi connectivity index (χ0v) is 24.4. The minimum atomic E-state index is -0.199. The number of benzene rings is 4. The van der Waals surface area contributed by atoms with Gasteiger partial charge in [0, 0.05) is 30.1 Å². The summed E-state index contributed by atoms with van der Waals surface area (Å²) in [7, 11) is 0. The van der Waals surface area contributed by atoms with Crippen LogP contribution in [0.15, 0.2) is 121 Å². The van der Waals surface area contributed by atoms with Crippen LogP contribution in [0.3, 0.4) is 0 Å². The lowest BCUT2D eigenvalue weighted by molar-refractivity contribution is 0.0951. The predicted molar refractivity (Wildman–Crippen MR) is 175 cm³/mol. The highest BCUT2D eigenvalue weighted by molar-refractivity contribution is 5.94. The molecular formula is C36H29N7O2. The summed E-state index contributed by atoms with van der Waals surface area (Å²) in [5.74, 6) is 0.949.